The highest BCUT2D eigenvalue weighted by atomic mass is 35.5. The van der Waals surface area contributed by atoms with E-state index in [-0.39, 0.29) is 17.8 Å². The fourth-order valence-corrected chi connectivity index (χ4v) is 3.23. The molecule has 1 atom stereocenters. The minimum Gasteiger partial charge on any atom is -0.477 e. The number of nitrogens with zero attached hydrogens (tertiary/aromatic N) is 2. The highest BCUT2D eigenvalue weighted by Gasteiger charge is 2.29. The minimum atomic E-state index is -0.291. The second-order valence-electron chi connectivity index (χ2n) is 5.71. The summed E-state index contributed by atoms with van der Waals surface area (Å²) in [5.41, 5.74) is 2.32. The Kier molecular flexibility index (Phi) is 4.71. The van der Waals surface area contributed by atoms with Gasteiger partial charge in [-0.3, -0.25) is 4.79 Å². The van der Waals surface area contributed by atoms with Crippen LogP contribution in [0.1, 0.15) is 41.4 Å². The van der Waals surface area contributed by atoms with Gasteiger partial charge in [-0.2, -0.15) is 0 Å². The quantitative estimate of drug-likeness (QED) is 0.841. The third kappa shape index (κ3) is 3.08. The van der Waals surface area contributed by atoms with E-state index in [1.807, 2.05) is 13.8 Å². The van der Waals surface area contributed by atoms with E-state index in [2.05, 4.69) is 4.98 Å². The summed E-state index contributed by atoms with van der Waals surface area (Å²) in [6, 6.07) is 6.11. The molecule has 1 aromatic carbocycles. The Morgan fingerprint density at radius 2 is 2.25 bits per heavy atom. The zero-order valence-electron chi connectivity index (χ0n) is 13.6. The maximum Gasteiger partial charge on any atom is 0.255 e. The maximum absolute atomic E-state index is 13.5. The van der Waals surface area contributed by atoms with Crippen molar-refractivity contribution in [2.24, 2.45) is 0 Å². The lowest BCUT2D eigenvalue weighted by Gasteiger charge is -2.35. The van der Waals surface area contributed by atoms with Crippen molar-refractivity contribution in [1.82, 2.24) is 9.88 Å². The predicted molar refractivity (Wildman–Crippen MR) is 90.0 cm³/mol. The molecule has 0 spiro atoms. The Morgan fingerprint density at radius 1 is 1.46 bits per heavy atom. The number of amides is 1. The molecule has 1 aliphatic rings. The number of hydrogen-bond donors (Lipinski definition) is 0. The van der Waals surface area contributed by atoms with Crippen LogP contribution in [0.25, 0.3) is 0 Å². The first-order chi connectivity index (χ1) is 11.5. The smallest absolute Gasteiger partial charge is 0.255 e. The maximum atomic E-state index is 13.5. The Labute approximate surface area is 145 Å². The van der Waals surface area contributed by atoms with Crippen molar-refractivity contribution in [1.29, 1.82) is 0 Å². The number of carbonyl (C=O) groups excluding carboxylic acids is 1. The van der Waals surface area contributed by atoms with Crippen LogP contribution in [0.3, 0.4) is 0 Å². The molecule has 126 valence electrons. The second kappa shape index (κ2) is 6.77. The van der Waals surface area contributed by atoms with Gasteiger partial charge in [-0.1, -0.05) is 17.7 Å². The van der Waals surface area contributed by atoms with Gasteiger partial charge in [0.2, 0.25) is 5.88 Å². The molecule has 0 saturated heterocycles. The van der Waals surface area contributed by atoms with Crippen LogP contribution < -0.4 is 4.74 Å². The number of hydrogen-bond acceptors (Lipinski definition) is 3. The van der Waals surface area contributed by atoms with Crippen LogP contribution in [0.5, 0.6) is 5.88 Å². The summed E-state index contributed by atoms with van der Waals surface area (Å²) in [5.74, 6) is -0.148. The first kappa shape index (κ1) is 16.7. The molecule has 1 aromatic heterocycles. The first-order valence-electron chi connectivity index (χ1n) is 7.89. The fraction of sp³-hybridized carbons (Fsp3) is 0.333. The number of pyridine rings is 1. The van der Waals surface area contributed by atoms with Gasteiger partial charge < -0.3 is 9.64 Å². The van der Waals surface area contributed by atoms with Crippen LogP contribution >= 0.6 is 11.6 Å². The molecule has 2 aromatic rings. The van der Waals surface area contributed by atoms with Crippen molar-refractivity contribution in [2.45, 2.75) is 26.3 Å². The van der Waals surface area contributed by atoms with E-state index >= 15 is 0 Å². The highest BCUT2D eigenvalue weighted by Crippen LogP contribution is 2.32. The zero-order valence-corrected chi connectivity index (χ0v) is 14.3. The van der Waals surface area contributed by atoms with E-state index in [0.717, 1.165) is 11.1 Å². The molecule has 6 heteroatoms. The van der Waals surface area contributed by atoms with Crippen molar-refractivity contribution in [3.8, 4) is 5.88 Å². The van der Waals surface area contributed by atoms with Gasteiger partial charge >= 0.3 is 0 Å². The molecule has 1 unspecified atom stereocenters. The van der Waals surface area contributed by atoms with Crippen molar-refractivity contribution < 1.29 is 13.9 Å². The Bertz CT molecular complexity index is 782. The average molecular weight is 349 g/mol. The van der Waals surface area contributed by atoms with Gasteiger partial charge in [-0.05, 0) is 49.6 Å². The van der Waals surface area contributed by atoms with E-state index in [0.29, 0.717) is 36.0 Å². The van der Waals surface area contributed by atoms with E-state index in [1.165, 1.54) is 18.3 Å². The van der Waals surface area contributed by atoms with Crippen molar-refractivity contribution in [3.05, 3.63) is 58.0 Å². The van der Waals surface area contributed by atoms with E-state index < -0.39 is 0 Å². The molecule has 1 aliphatic heterocycles. The number of carbonyl (C=O) groups is 1. The van der Waals surface area contributed by atoms with Crippen LogP contribution in [0.2, 0.25) is 5.02 Å². The molecular weight excluding hydrogens is 331 g/mol. The van der Waals surface area contributed by atoms with Crippen LogP contribution in [0, 0.1) is 5.82 Å². The van der Waals surface area contributed by atoms with Gasteiger partial charge in [0, 0.05) is 12.7 Å². The fourth-order valence-electron chi connectivity index (χ4n) is 3.01. The number of aromatic nitrogens is 1. The molecule has 4 nitrogen and oxygen atoms in total. The van der Waals surface area contributed by atoms with Crippen molar-refractivity contribution in [3.63, 3.8) is 0 Å². The summed E-state index contributed by atoms with van der Waals surface area (Å²) >= 11 is 6.12. The Balaban J connectivity index is 1.87. The largest absolute Gasteiger partial charge is 0.477 e. The van der Waals surface area contributed by atoms with Crippen LogP contribution in [0.15, 0.2) is 30.5 Å². The first-order valence-corrected chi connectivity index (χ1v) is 8.26. The summed E-state index contributed by atoms with van der Waals surface area (Å²) in [5, 5.41) is 0.304. The van der Waals surface area contributed by atoms with E-state index in [9.17, 15) is 9.18 Å². The van der Waals surface area contributed by atoms with Crippen LogP contribution in [-0.4, -0.2) is 28.9 Å². The van der Waals surface area contributed by atoms with E-state index in [1.54, 1.807) is 17.0 Å². The van der Waals surface area contributed by atoms with Crippen LogP contribution in [0.4, 0.5) is 4.39 Å². The molecule has 0 radical (unpaired) electrons. The van der Waals surface area contributed by atoms with Gasteiger partial charge in [0.05, 0.1) is 18.2 Å². The van der Waals surface area contributed by atoms with Gasteiger partial charge in [0.15, 0.2) is 0 Å². The van der Waals surface area contributed by atoms with Crippen molar-refractivity contribution >= 4 is 17.5 Å². The van der Waals surface area contributed by atoms with Gasteiger partial charge in [-0.25, -0.2) is 9.37 Å². The molecule has 1 amide bonds. The normalized spacial score (nSPS) is 16.7. The zero-order chi connectivity index (χ0) is 17.3. The number of halogens is 2. The standard InChI is InChI=1S/C18H18ClFN2O2/c1-3-24-17-16(19)8-13(10-21-17)18(23)22-7-6-12-4-5-14(20)9-15(12)11(22)2/h4-5,8-11H,3,6-7H2,1-2H3. The molecular formula is C18H18ClFN2O2. The molecule has 3 rings (SSSR count). The molecule has 24 heavy (non-hydrogen) atoms. The monoisotopic (exact) mass is 348 g/mol. The third-order valence-electron chi connectivity index (χ3n) is 4.24. The Hall–Kier alpha value is -2.14. The molecule has 0 aliphatic carbocycles. The van der Waals surface area contributed by atoms with Gasteiger partial charge in [-0.15, -0.1) is 0 Å². The molecule has 0 bridgehead atoms. The summed E-state index contributed by atoms with van der Waals surface area (Å²) in [7, 11) is 0. The van der Waals surface area contributed by atoms with E-state index in [4.69, 9.17) is 16.3 Å². The minimum absolute atomic E-state index is 0.171. The average Bonchev–Trinajstić information content (AvgIpc) is 2.57. The number of fused-ring (bicyclic) bond motifs is 1. The third-order valence-corrected chi connectivity index (χ3v) is 4.51. The summed E-state index contributed by atoms with van der Waals surface area (Å²) in [6.07, 6.45) is 2.16. The van der Waals surface area contributed by atoms with Gasteiger partial charge in [0.25, 0.3) is 5.91 Å². The number of ether oxygens (including phenoxy) is 1. The second-order valence-corrected chi connectivity index (χ2v) is 6.12. The number of benzene rings is 1. The summed E-state index contributed by atoms with van der Waals surface area (Å²) < 4.78 is 18.8. The highest BCUT2D eigenvalue weighted by molar-refractivity contribution is 6.32. The summed E-state index contributed by atoms with van der Waals surface area (Å²) in [6.45, 7) is 4.76. The van der Waals surface area contributed by atoms with Crippen LogP contribution in [-0.2, 0) is 6.42 Å². The lowest BCUT2D eigenvalue weighted by Crippen LogP contribution is -2.39. The summed E-state index contributed by atoms with van der Waals surface area (Å²) in [4.78, 5) is 18.6. The molecule has 0 saturated carbocycles. The SMILES string of the molecule is CCOc1ncc(C(=O)N2CCc3ccc(F)cc3C2C)cc1Cl. The lowest BCUT2D eigenvalue weighted by molar-refractivity contribution is 0.0676. The lowest BCUT2D eigenvalue weighted by atomic mass is 9.93. The molecule has 0 N–H and O–H groups in total. The predicted octanol–water partition coefficient (Wildman–Crippen LogP) is 4.03. The Morgan fingerprint density at radius 3 is 2.96 bits per heavy atom. The topological polar surface area (TPSA) is 42.4 Å². The van der Waals surface area contributed by atoms with Gasteiger partial charge in [0.1, 0.15) is 10.8 Å². The number of rotatable bonds is 3. The van der Waals surface area contributed by atoms with Crippen molar-refractivity contribution in [2.75, 3.05) is 13.2 Å². The molecule has 2 heterocycles. The molecule has 0 fully saturated rings.